The quantitative estimate of drug-likeness (QED) is 0.255. The van der Waals surface area contributed by atoms with Gasteiger partial charge in [0.15, 0.2) is 5.11 Å². The number of benzene rings is 2. The van der Waals surface area contributed by atoms with E-state index >= 15 is 0 Å². The van der Waals surface area contributed by atoms with Crippen LogP contribution in [0.3, 0.4) is 0 Å². The topological polar surface area (TPSA) is 101 Å². The van der Waals surface area contributed by atoms with Crippen LogP contribution in [-0.2, 0) is 0 Å². The summed E-state index contributed by atoms with van der Waals surface area (Å²) in [6.07, 6.45) is 1.02. The number of aromatic hydroxyl groups is 1. The number of para-hydroxylation sites is 1. The van der Waals surface area contributed by atoms with Crippen molar-refractivity contribution in [2.24, 2.45) is 10.8 Å². The molecule has 4 N–H and O–H groups in total. The maximum atomic E-state index is 12.8. The maximum Gasteiger partial charge on any atom is 0.343 e. The Morgan fingerprint density at radius 2 is 1.89 bits per heavy atom. The van der Waals surface area contributed by atoms with Gasteiger partial charge < -0.3 is 15.3 Å². The molecule has 0 amide bonds. The predicted molar refractivity (Wildman–Crippen MR) is 115 cm³/mol. The third kappa shape index (κ3) is 4.20. The molecule has 1 aromatic heterocycles. The molecule has 3 rings (SSSR count). The molecule has 0 aliphatic heterocycles. The van der Waals surface area contributed by atoms with Crippen molar-refractivity contribution in [3.05, 3.63) is 76.1 Å². The van der Waals surface area contributed by atoms with E-state index in [4.69, 9.17) is 22.4 Å². The van der Waals surface area contributed by atoms with E-state index in [0.29, 0.717) is 23.8 Å². The number of fused-ring (bicyclic) bond motifs is 1. The highest BCUT2D eigenvalue weighted by Gasteiger charge is 2.25. The lowest BCUT2D eigenvalue weighted by molar-refractivity contribution is 0.452. The van der Waals surface area contributed by atoms with Crippen molar-refractivity contribution < 1.29 is 9.52 Å². The molecule has 28 heavy (non-hydrogen) atoms. The first-order chi connectivity index (χ1) is 13.5. The Hall–Kier alpha value is -3.19. The van der Waals surface area contributed by atoms with Crippen LogP contribution in [0, 0.1) is 0 Å². The minimum atomic E-state index is -0.567. The van der Waals surface area contributed by atoms with Gasteiger partial charge in [0, 0.05) is 11.6 Å². The van der Waals surface area contributed by atoms with E-state index in [0.717, 1.165) is 11.3 Å². The molecule has 0 saturated heterocycles. The smallest absolute Gasteiger partial charge is 0.343 e. The molecule has 1 unspecified atom stereocenters. The van der Waals surface area contributed by atoms with E-state index in [1.807, 2.05) is 37.3 Å². The number of nitrogens with two attached hydrogens (primary N) is 1. The average molecular weight is 395 g/mol. The Bertz CT molecular complexity index is 1080. The molecule has 0 saturated carbocycles. The van der Waals surface area contributed by atoms with Crippen LogP contribution in [0.15, 0.2) is 68.9 Å². The molecule has 3 aromatic rings. The van der Waals surface area contributed by atoms with E-state index in [1.165, 1.54) is 0 Å². The van der Waals surface area contributed by atoms with Gasteiger partial charge in [0.2, 0.25) is 0 Å². The normalized spacial score (nSPS) is 12.7. The first kappa shape index (κ1) is 19.6. The van der Waals surface area contributed by atoms with Crippen molar-refractivity contribution in [3.63, 3.8) is 0 Å². The van der Waals surface area contributed by atoms with Gasteiger partial charge in [-0.15, -0.1) is 0 Å². The largest absolute Gasteiger partial charge is 0.507 e. The van der Waals surface area contributed by atoms with E-state index in [-0.39, 0.29) is 16.4 Å². The van der Waals surface area contributed by atoms with Crippen molar-refractivity contribution in [2.45, 2.75) is 25.7 Å². The monoisotopic (exact) mass is 395 g/mol. The fourth-order valence-corrected chi connectivity index (χ4v) is 3.21. The van der Waals surface area contributed by atoms with Gasteiger partial charge in [-0.25, -0.2) is 4.79 Å². The lowest BCUT2D eigenvalue weighted by Gasteiger charge is -2.19. The molecule has 1 heterocycles. The molecular formula is C21H21N3O3S. The first-order valence-electron chi connectivity index (χ1n) is 8.91. The average Bonchev–Trinajstić information content (AvgIpc) is 2.70. The number of thiocarbonyl (C=S) groups is 1. The molecular weight excluding hydrogens is 374 g/mol. The van der Waals surface area contributed by atoms with Crippen LogP contribution in [0.1, 0.15) is 36.8 Å². The lowest BCUT2D eigenvalue weighted by atomic mass is 9.86. The van der Waals surface area contributed by atoms with Crippen molar-refractivity contribution in [3.8, 4) is 5.75 Å². The summed E-state index contributed by atoms with van der Waals surface area (Å²) in [4.78, 5) is 12.8. The molecule has 0 bridgehead atoms. The SMILES string of the molecule is CCC(CC(c1ccccc1)c1c(O)c2ccccc2oc1=O)=NNC(N)=S. The molecule has 0 aliphatic carbocycles. The van der Waals surface area contributed by atoms with Crippen LogP contribution in [0.2, 0.25) is 0 Å². The zero-order valence-electron chi connectivity index (χ0n) is 15.4. The first-order valence-corrected chi connectivity index (χ1v) is 9.32. The number of nitrogens with zero attached hydrogens (tertiary/aromatic N) is 1. The molecule has 7 heteroatoms. The number of hydrazone groups is 1. The Balaban J connectivity index is 2.15. The van der Waals surface area contributed by atoms with Crippen molar-refractivity contribution in [2.75, 3.05) is 0 Å². The van der Waals surface area contributed by atoms with Crippen LogP contribution in [0.4, 0.5) is 0 Å². The molecule has 6 nitrogen and oxygen atoms in total. The van der Waals surface area contributed by atoms with Crippen LogP contribution in [0.5, 0.6) is 5.75 Å². The Kier molecular flexibility index (Phi) is 6.06. The van der Waals surface area contributed by atoms with E-state index in [9.17, 15) is 9.90 Å². The van der Waals surface area contributed by atoms with Gasteiger partial charge >= 0.3 is 5.63 Å². The second-order valence-electron chi connectivity index (χ2n) is 6.32. The summed E-state index contributed by atoms with van der Waals surface area (Å²) in [5.74, 6) is -0.507. The number of rotatable bonds is 6. The highest BCUT2D eigenvalue weighted by Crippen LogP contribution is 2.36. The molecule has 0 fully saturated rings. The third-order valence-electron chi connectivity index (χ3n) is 4.54. The maximum absolute atomic E-state index is 12.8. The van der Waals surface area contributed by atoms with Gasteiger partial charge in [-0.1, -0.05) is 49.4 Å². The van der Waals surface area contributed by atoms with E-state index in [2.05, 4.69) is 10.5 Å². The van der Waals surface area contributed by atoms with Crippen LogP contribution in [0.25, 0.3) is 11.0 Å². The summed E-state index contributed by atoms with van der Waals surface area (Å²) in [5.41, 5.74) is 9.68. The summed E-state index contributed by atoms with van der Waals surface area (Å²) in [7, 11) is 0. The fourth-order valence-electron chi connectivity index (χ4n) is 3.17. The lowest BCUT2D eigenvalue weighted by Crippen LogP contribution is -2.26. The van der Waals surface area contributed by atoms with Gasteiger partial charge in [0.1, 0.15) is 11.3 Å². The fraction of sp³-hybridized carbons (Fsp3) is 0.190. The second-order valence-corrected chi connectivity index (χ2v) is 6.76. The Morgan fingerprint density at radius 3 is 2.57 bits per heavy atom. The molecule has 144 valence electrons. The predicted octanol–water partition coefficient (Wildman–Crippen LogP) is 3.62. The molecule has 2 aromatic carbocycles. The Morgan fingerprint density at radius 1 is 1.21 bits per heavy atom. The molecule has 1 atom stereocenters. The van der Waals surface area contributed by atoms with Gasteiger partial charge in [-0.3, -0.25) is 5.43 Å². The molecule has 0 aliphatic rings. The zero-order chi connectivity index (χ0) is 20.1. The van der Waals surface area contributed by atoms with Crippen molar-refractivity contribution >= 4 is 34.0 Å². The number of nitrogens with one attached hydrogen (secondary N) is 1. The summed E-state index contributed by atoms with van der Waals surface area (Å²) in [5, 5.41) is 15.7. The molecule has 0 spiro atoms. The van der Waals surface area contributed by atoms with Crippen molar-refractivity contribution in [1.29, 1.82) is 0 Å². The van der Waals surface area contributed by atoms with E-state index < -0.39 is 11.5 Å². The van der Waals surface area contributed by atoms with Gasteiger partial charge in [0.25, 0.3) is 0 Å². The highest BCUT2D eigenvalue weighted by molar-refractivity contribution is 7.80. The van der Waals surface area contributed by atoms with Gasteiger partial charge in [-0.2, -0.15) is 5.10 Å². The number of hydrogen-bond donors (Lipinski definition) is 3. The number of hydrogen-bond acceptors (Lipinski definition) is 5. The second kappa shape index (κ2) is 8.67. The summed E-state index contributed by atoms with van der Waals surface area (Å²) in [6.45, 7) is 1.95. The van der Waals surface area contributed by atoms with Gasteiger partial charge in [0.05, 0.1) is 10.9 Å². The van der Waals surface area contributed by atoms with E-state index in [1.54, 1.807) is 24.3 Å². The zero-order valence-corrected chi connectivity index (χ0v) is 16.2. The molecule has 0 radical (unpaired) electrons. The summed E-state index contributed by atoms with van der Waals surface area (Å²) in [6, 6.07) is 16.4. The van der Waals surface area contributed by atoms with Gasteiger partial charge in [-0.05, 0) is 42.8 Å². The van der Waals surface area contributed by atoms with Crippen molar-refractivity contribution in [1.82, 2.24) is 5.43 Å². The highest BCUT2D eigenvalue weighted by atomic mass is 32.1. The van der Waals surface area contributed by atoms with Crippen LogP contribution >= 0.6 is 12.2 Å². The minimum Gasteiger partial charge on any atom is -0.507 e. The third-order valence-corrected chi connectivity index (χ3v) is 4.63. The summed E-state index contributed by atoms with van der Waals surface area (Å²) < 4.78 is 5.48. The standard InChI is InChI=1S/C21H21N3O3S/c1-2-14(23-24-21(22)28)12-16(13-8-4-3-5-9-13)18-19(25)15-10-6-7-11-17(15)27-20(18)26/h3-11,16,25H,2,12H2,1H3,(H3,22,24,28). The van der Waals surface area contributed by atoms with Crippen LogP contribution < -0.4 is 16.8 Å². The Labute approximate surface area is 167 Å². The minimum absolute atomic E-state index is 0.0651. The van der Waals surface area contributed by atoms with Crippen LogP contribution in [-0.4, -0.2) is 15.9 Å². The summed E-state index contributed by atoms with van der Waals surface area (Å²) >= 11 is 4.81.